The number of aromatic nitrogens is 2. The zero-order valence-electron chi connectivity index (χ0n) is 15.1. The Kier molecular flexibility index (Phi) is 4.18. The fraction of sp³-hybridized carbons (Fsp3) is 0.286. The second-order valence-corrected chi connectivity index (χ2v) is 7.33. The van der Waals surface area contributed by atoms with Crippen molar-refractivity contribution in [3.05, 3.63) is 65.0 Å². The van der Waals surface area contributed by atoms with Gasteiger partial charge in [0.25, 0.3) is 0 Å². The molecule has 0 aliphatic carbocycles. The fourth-order valence-corrected chi connectivity index (χ4v) is 2.88. The van der Waals surface area contributed by atoms with Crippen molar-refractivity contribution in [2.75, 3.05) is 5.32 Å². The van der Waals surface area contributed by atoms with Gasteiger partial charge in [-0.05, 0) is 64.0 Å². The summed E-state index contributed by atoms with van der Waals surface area (Å²) in [6.07, 6.45) is 4.20. The number of benzene rings is 1. The lowest BCUT2D eigenvalue weighted by molar-refractivity contribution is 0.628. The molecular formula is C21H25N3. The van der Waals surface area contributed by atoms with Crippen LogP contribution in [0.2, 0.25) is 0 Å². The second kappa shape index (κ2) is 6.16. The summed E-state index contributed by atoms with van der Waals surface area (Å²) < 4.78 is 2.20. The van der Waals surface area contributed by atoms with Crippen LogP contribution in [0.15, 0.2) is 42.5 Å². The Balaban J connectivity index is 2.13. The maximum Gasteiger partial charge on any atom is 0.139 e. The van der Waals surface area contributed by atoms with E-state index in [-0.39, 0.29) is 5.54 Å². The molecule has 124 valence electrons. The molecule has 0 saturated heterocycles. The number of imidazole rings is 1. The standard InChI is InChI=1S/C21H25N3/c1-15-13-16(2)24-19(14-15)22-18(20(24)23-21(3,4)5)12-11-17-9-7-6-8-10-17/h6-14,23H,1-5H3. The predicted molar refractivity (Wildman–Crippen MR) is 103 cm³/mol. The van der Waals surface area contributed by atoms with Crippen LogP contribution >= 0.6 is 0 Å². The van der Waals surface area contributed by atoms with Gasteiger partial charge in [0, 0.05) is 11.2 Å². The van der Waals surface area contributed by atoms with E-state index in [4.69, 9.17) is 4.98 Å². The number of anilines is 1. The first kappa shape index (κ1) is 16.3. The molecule has 3 rings (SSSR count). The van der Waals surface area contributed by atoms with E-state index in [0.717, 1.165) is 17.2 Å². The molecule has 0 atom stereocenters. The molecule has 2 heterocycles. The van der Waals surface area contributed by atoms with Crippen LogP contribution in [0.25, 0.3) is 17.8 Å². The Bertz CT molecular complexity index is 881. The number of nitrogens with one attached hydrogen (secondary N) is 1. The summed E-state index contributed by atoms with van der Waals surface area (Å²) in [7, 11) is 0. The minimum absolute atomic E-state index is 0.0391. The highest BCUT2D eigenvalue weighted by atomic mass is 15.2. The summed E-state index contributed by atoms with van der Waals surface area (Å²) in [5.74, 6) is 1.04. The van der Waals surface area contributed by atoms with Crippen LogP contribution in [0.1, 0.15) is 43.3 Å². The average Bonchev–Trinajstić information content (AvgIpc) is 2.82. The monoisotopic (exact) mass is 319 g/mol. The Morgan fingerprint density at radius 2 is 1.71 bits per heavy atom. The third-order valence-corrected chi connectivity index (χ3v) is 3.80. The van der Waals surface area contributed by atoms with Gasteiger partial charge in [0.1, 0.15) is 17.2 Å². The van der Waals surface area contributed by atoms with Gasteiger partial charge in [-0.2, -0.15) is 0 Å². The van der Waals surface area contributed by atoms with Gasteiger partial charge in [-0.15, -0.1) is 0 Å². The van der Waals surface area contributed by atoms with Gasteiger partial charge in [0.15, 0.2) is 0 Å². The molecule has 2 aromatic heterocycles. The lowest BCUT2D eigenvalue weighted by Gasteiger charge is -2.22. The van der Waals surface area contributed by atoms with E-state index in [1.807, 2.05) is 18.2 Å². The van der Waals surface area contributed by atoms with Crippen molar-refractivity contribution in [3.63, 3.8) is 0 Å². The fourth-order valence-electron chi connectivity index (χ4n) is 2.88. The van der Waals surface area contributed by atoms with E-state index in [2.05, 4.69) is 80.8 Å². The number of hydrogen-bond donors (Lipinski definition) is 1. The molecule has 1 N–H and O–H groups in total. The van der Waals surface area contributed by atoms with Crippen molar-refractivity contribution < 1.29 is 0 Å². The smallest absolute Gasteiger partial charge is 0.139 e. The van der Waals surface area contributed by atoms with Crippen LogP contribution in [0, 0.1) is 13.8 Å². The van der Waals surface area contributed by atoms with Gasteiger partial charge < -0.3 is 5.32 Å². The molecule has 1 aromatic carbocycles. The Hall–Kier alpha value is -2.55. The van der Waals surface area contributed by atoms with Crippen molar-refractivity contribution in [1.82, 2.24) is 9.38 Å². The van der Waals surface area contributed by atoms with Gasteiger partial charge in [0.05, 0.1) is 0 Å². The zero-order chi connectivity index (χ0) is 17.3. The van der Waals surface area contributed by atoms with Crippen molar-refractivity contribution in [3.8, 4) is 0 Å². The molecule has 3 aromatic rings. The summed E-state index contributed by atoms with van der Waals surface area (Å²) in [5, 5.41) is 3.62. The van der Waals surface area contributed by atoms with E-state index in [0.29, 0.717) is 0 Å². The lowest BCUT2D eigenvalue weighted by Crippen LogP contribution is -2.27. The third kappa shape index (κ3) is 3.51. The number of hydrogen-bond acceptors (Lipinski definition) is 2. The van der Waals surface area contributed by atoms with Crippen molar-refractivity contribution in [1.29, 1.82) is 0 Å². The minimum atomic E-state index is -0.0391. The molecular weight excluding hydrogens is 294 g/mol. The first-order valence-electron chi connectivity index (χ1n) is 8.34. The molecule has 0 saturated carbocycles. The van der Waals surface area contributed by atoms with Crippen LogP contribution in [0.4, 0.5) is 5.82 Å². The van der Waals surface area contributed by atoms with E-state index >= 15 is 0 Å². The largest absolute Gasteiger partial charge is 0.365 e. The number of pyridine rings is 1. The summed E-state index contributed by atoms with van der Waals surface area (Å²) in [6.45, 7) is 10.7. The molecule has 24 heavy (non-hydrogen) atoms. The molecule has 3 nitrogen and oxygen atoms in total. The molecule has 0 spiro atoms. The van der Waals surface area contributed by atoms with Gasteiger partial charge in [-0.1, -0.05) is 36.4 Å². The van der Waals surface area contributed by atoms with Crippen LogP contribution in [-0.2, 0) is 0 Å². The molecule has 0 fully saturated rings. The normalized spacial score (nSPS) is 12.2. The molecule has 0 radical (unpaired) electrons. The third-order valence-electron chi connectivity index (χ3n) is 3.80. The van der Waals surface area contributed by atoms with E-state index in [1.54, 1.807) is 0 Å². The molecule has 0 unspecified atom stereocenters. The van der Waals surface area contributed by atoms with E-state index < -0.39 is 0 Å². The Morgan fingerprint density at radius 1 is 1.00 bits per heavy atom. The van der Waals surface area contributed by atoms with Crippen molar-refractivity contribution in [2.45, 2.75) is 40.2 Å². The van der Waals surface area contributed by atoms with Crippen LogP contribution in [0.5, 0.6) is 0 Å². The van der Waals surface area contributed by atoms with Crippen LogP contribution in [-0.4, -0.2) is 14.9 Å². The predicted octanol–water partition coefficient (Wildman–Crippen LogP) is 5.33. The summed E-state index contributed by atoms with van der Waals surface area (Å²) in [5.41, 5.74) is 5.48. The first-order valence-corrected chi connectivity index (χ1v) is 8.34. The van der Waals surface area contributed by atoms with Crippen molar-refractivity contribution in [2.24, 2.45) is 0 Å². The summed E-state index contributed by atoms with van der Waals surface area (Å²) in [4.78, 5) is 4.85. The highest BCUT2D eigenvalue weighted by molar-refractivity contribution is 5.76. The molecule has 0 bridgehead atoms. The molecule has 0 amide bonds. The number of fused-ring (bicyclic) bond motifs is 1. The molecule has 0 aliphatic heterocycles. The SMILES string of the molecule is Cc1cc(C)n2c(NC(C)(C)C)c(C=Cc3ccccc3)nc2c1. The minimum Gasteiger partial charge on any atom is -0.365 e. The van der Waals surface area contributed by atoms with E-state index in [1.165, 1.54) is 16.8 Å². The second-order valence-electron chi connectivity index (χ2n) is 7.33. The highest BCUT2D eigenvalue weighted by Crippen LogP contribution is 2.26. The Morgan fingerprint density at radius 3 is 2.38 bits per heavy atom. The Labute approximate surface area is 144 Å². The summed E-state index contributed by atoms with van der Waals surface area (Å²) in [6, 6.07) is 14.6. The number of rotatable bonds is 3. The van der Waals surface area contributed by atoms with Crippen LogP contribution in [0.3, 0.4) is 0 Å². The maximum atomic E-state index is 4.85. The summed E-state index contributed by atoms with van der Waals surface area (Å²) >= 11 is 0. The number of aryl methyl sites for hydroxylation is 2. The van der Waals surface area contributed by atoms with Gasteiger partial charge in [0.2, 0.25) is 0 Å². The van der Waals surface area contributed by atoms with Crippen molar-refractivity contribution >= 4 is 23.6 Å². The zero-order valence-corrected chi connectivity index (χ0v) is 15.1. The topological polar surface area (TPSA) is 29.3 Å². The van der Waals surface area contributed by atoms with E-state index in [9.17, 15) is 0 Å². The van der Waals surface area contributed by atoms with Gasteiger partial charge in [-0.25, -0.2) is 4.98 Å². The maximum absolute atomic E-state index is 4.85. The molecule has 0 aliphatic rings. The quantitative estimate of drug-likeness (QED) is 0.707. The first-order chi connectivity index (χ1) is 11.3. The number of nitrogens with zero attached hydrogens (tertiary/aromatic N) is 2. The lowest BCUT2D eigenvalue weighted by atomic mass is 10.1. The van der Waals surface area contributed by atoms with Gasteiger partial charge in [-0.3, -0.25) is 4.40 Å². The molecule has 3 heteroatoms. The van der Waals surface area contributed by atoms with Gasteiger partial charge >= 0.3 is 0 Å². The average molecular weight is 319 g/mol. The van der Waals surface area contributed by atoms with Crippen LogP contribution < -0.4 is 5.32 Å². The highest BCUT2D eigenvalue weighted by Gasteiger charge is 2.18.